The molecule has 2 rings (SSSR count). The highest BCUT2D eigenvalue weighted by Gasteiger charge is 2.15. The second kappa shape index (κ2) is 9.58. The number of carbonyl (C=O) groups is 1. The Morgan fingerprint density at radius 3 is 2.57 bits per heavy atom. The van der Waals surface area contributed by atoms with E-state index in [9.17, 15) is 4.79 Å². The Kier molecular flexibility index (Phi) is 9.40. The Balaban J connectivity index is 0.00000200. The van der Waals surface area contributed by atoms with Gasteiger partial charge in [-0.1, -0.05) is 6.07 Å². The molecule has 0 radical (unpaired) electrons. The number of imidazole rings is 1. The third-order valence-electron chi connectivity index (χ3n) is 2.77. The van der Waals surface area contributed by atoms with Crippen molar-refractivity contribution in [3.8, 4) is 0 Å². The molecule has 0 fully saturated rings. The summed E-state index contributed by atoms with van der Waals surface area (Å²) in [5.74, 6) is 0.0174. The number of carbonyl (C=O) groups excluding carboxylic acids is 1. The van der Waals surface area contributed by atoms with Crippen molar-refractivity contribution < 1.29 is 4.79 Å². The van der Waals surface area contributed by atoms with Gasteiger partial charge in [-0.3, -0.25) is 4.79 Å². The molecule has 3 N–H and O–H groups in total. The van der Waals surface area contributed by atoms with E-state index in [-0.39, 0.29) is 30.6 Å². The minimum absolute atomic E-state index is 0. The number of ketones is 1. The molecule has 0 amide bonds. The SMILES string of the molecule is Cl.Cl.N[C@@H](Cc1cnc[nH]1)C(=O)Cc1ccc(Br)c(Br)c1. The molecular formula is C13H15Br2Cl2N3O. The van der Waals surface area contributed by atoms with Crippen LogP contribution in [0, 0.1) is 0 Å². The first-order valence-electron chi connectivity index (χ1n) is 5.75. The number of benzene rings is 1. The van der Waals surface area contributed by atoms with Gasteiger partial charge in [-0.25, -0.2) is 4.98 Å². The van der Waals surface area contributed by atoms with Gasteiger partial charge in [0.1, 0.15) is 0 Å². The Labute approximate surface area is 152 Å². The van der Waals surface area contributed by atoms with Crippen LogP contribution in [0.25, 0.3) is 0 Å². The van der Waals surface area contributed by atoms with Crippen LogP contribution >= 0.6 is 56.7 Å². The van der Waals surface area contributed by atoms with Crippen molar-refractivity contribution in [3.63, 3.8) is 0 Å². The lowest BCUT2D eigenvalue weighted by atomic mass is 10.0. The largest absolute Gasteiger partial charge is 0.348 e. The molecule has 4 nitrogen and oxygen atoms in total. The van der Waals surface area contributed by atoms with Gasteiger partial charge in [0.15, 0.2) is 5.78 Å². The predicted octanol–water partition coefficient (Wildman–Crippen LogP) is 3.46. The molecule has 1 atom stereocenters. The third kappa shape index (κ3) is 6.08. The van der Waals surface area contributed by atoms with Crippen molar-refractivity contribution in [2.45, 2.75) is 18.9 Å². The van der Waals surface area contributed by atoms with E-state index in [0.29, 0.717) is 12.8 Å². The highest BCUT2D eigenvalue weighted by atomic mass is 79.9. The number of Topliss-reactive ketones (excluding diaryl/α,β-unsaturated/α-hetero) is 1. The molecule has 1 aromatic carbocycles. The summed E-state index contributed by atoms with van der Waals surface area (Å²) in [5.41, 5.74) is 7.72. The van der Waals surface area contributed by atoms with Gasteiger partial charge in [-0.15, -0.1) is 24.8 Å². The second-order valence-corrected chi connectivity index (χ2v) is 5.99. The van der Waals surface area contributed by atoms with Crippen LogP contribution in [-0.4, -0.2) is 21.8 Å². The number of nitrogens with two attached hydrogens (primary N) is 1. The molecule has 8 heteroatoms. The smallest absolute Gasteiger partial charge is 0.154 e. The van der Waals surface area contributed by atoms with Crippen LogP contribution in [0.3, 0.4) is 0 Å². The van der Waals surface area contributed by atoms with Crippen molar-refractivity contribution >= 4 is 62.5 Å². The summed E-state index contributed by atoms with van der Waals surface area (Å²) in [6.45, 7) is 0. The van der Waals surface area contributed by atoms with E-state index < -0.39 is 6.04 Å². The second-order valence-electron chi connectivity index (χ2n) is 4.28. The average molecular weight is 460 g/mol. The summed E-state index contributed by atoms with van der Waals surface area (Å²) in [4.78, 5) is 18.9. The number of H-pyrrole nitrogens is 1. The van der Waals surface area contributed by atoms with Gasteiger partial charge in [-0.2, -0.15) is 0 Å². The molecule has 1 heterocycles. The zero-order valence-corrected chi connectivity index (χ0v) is 15.7. The summed E-state index contributed by atoms with van der Waals surface area (Å²) < 4.78 is 1.89. The lowest BCUT2D eigenvalue weighted by Crippen LogP contribution is -2.34. The van der Waals surface area contributed by atoms with Crippen LogP contribution in [0.15, 0.2) is 39.7 Å². The van der Waals surface area contributed by atoms with E-state index in [1.54, 1.807) is 12.5 Å². The number of rotatable bonds is 5. The van der Waals surface area contributed by atoms with Gasteiger partial charge >= 0.3 is 0 Å². The maximum Gasteiger partial charge on any atom is 0.154 e. The molecule has 0 bridgehead atoms. The maximum atomic E-state index is 12.0. The van der Waals surface area contributed by atoms with Crippen LogP contribution in [0.1, 0.15) is 11.3 Å². The number of halogens is 4. The number of hydrogen-bond acceptors (Lipinski definition) is 3. The summed E-state index contributed by atoms with van der Waals surface area (Å²) in [7, 11) is 0. The van der Waals surface area contributed by atoms with E-state index in [2.05, 4.69) is 41.8 Å². The van der Waals surface area contributed by atoms with Gasteiger partial charge in [0.25, 0.3) is 0 Å². The average Bonchev–Trinajstić information content (AvgIpc) is 2.86. The lowest BCUT2D eigenvalue weighted by Gasteiger charge is -2.10. The molecule has 0 aliphatic carbocycles. The lowest BCUT2D eigenvalue weighted by molar-refractivity contribution is -0.119. The van der Waals surface area contributed by atoms with E-state index in [4.69, 9.17) is 5.73 Å². The summed E-state index contributed by atoms with van der Waals surface area (Å²) >= 11 is 6.82. The molecule has 0 unspecified atom stereocenters. The van der Waals surface area contributed by atoms with Gasteiger partial charge in [-0.05, 0) is 49.6 Å². The van der Waals surface area contributed by atoms with E-state index >= 15 is 0 Å². The summed E-state index contributed by atoms with van der Waals surface area (Å²) in [6, 6.07) is 5.23. The molecule has 116 valence electrons. The summed E-state index contributed by atoms with van der Waals surface area (Å²) in [5, 5.41) is 0. The molecule has 0 aliphatic heterocycles. The Hall–Kier alpha value is -0.400. The topological polar surface area (TPSA) is 71.8 Å². The van der Waals surface area contributed by atoms with E-state index in [1.165, 1.54) is 0 Å². The van der Waals surface area contributed by atoms with E-state index in [0.717, 1.165) is 20.2 Å². The van der Waals surface area contributed by atoms with Crippen molar-refractivity contribution in [1.29, 1.82) is 0 Å². The number of aromatic nitrogens is 2. The number of nitrogens with one attached hydrogen (secondary N) is 1. The fourth-order valence-corrected chi connectivity index (χ4v) is 2.40. The standard InChI is InChI=1S/C13H13Br2N3O.2ClH/c14-10-2-1-8(3-11(10)15)4-13(19)12(16)5-9-6-17-7-18-9;;/h1-3,6-7,12H,4-5,16H2,(H,17,18);2*1H/t12-;;/m0../s1. The van der Waals surface area contributed by atoms with Gasteiger partial charge in [0.05, 0.1) is 12.4 Å². The fourth-order valence-electron chi connectivity index (χ4n) is 1.73. The minimum atomic E-state index is -0.511. The zero-order valence-electron chi connectivity index (χ0n) is 10.9. The first kappa shape index (κ1) is 20.6. The van der Waals surface area contributed by atoms with Crippen molar-refractivity contribution in [2.24, 2.45) is 5.73 Å². The molecule has 0 saturated carbocycles. The molecule has 0 spiro atoms. The molecular weight excluding hydrogens is 445 g/mol. The molecule has 1 aromatic heterocycles. The van der Waals surface area contributed by atoms with Crippen LogP contribution in [0.4, 0.5) is 0 Å². The first-order valence-corrected chi connectivity index (χ1v) is 7.34. The molecule has 0 saturated heterocycles. The Bertz CT molecular complexity index is 579. The van der Waals surface area contributed by atoms with Crippen molar-refractivity contribution in [1.82, 2.24) is 9.97 Å². The summed E-state index contributed by atoms with van der Waals surface area (Å²) in [6.07, 6.45) is 4.08. The van der Waals surface area contributed by atoms with Gasteiger partial charge in [0.2, 0.25) is 0 Å². The zero-order chi connectivity index (χ0) is 13.8. The van der Waals surface area contributed by atoms with Crippen molar-refractivity contribution in [3.05, 3.63) is 50.9 Å². The predicted molar refractivity (Wildman–Crippen MR) is 95.3 cm³/mol. The Morgan fingerprint density at radius 1 is 1.29 bits per heavy atom. The van der Waals surface area contributed by atoms with Crippen LogP contribution in [0.5, 0.6) is 0 Å². The fraction of sp³-hybridized carbons (Fsp3) is 0.231. The van der Waals surface area contributed by atoms with Crippen LogP contribution in [0.2, 0.25) is 0 Å². The molecule has 21 heavy (non-hydrogen) atoms. The molecule has 0 aliphatic rings. The highest BCUT2D eigenvalue weighted by Crippen LogP contribution is 2.24. The van der Waals surface area contributed by atoms with Crippen molar-refractivity contribution in [2.75, 3.05) is 0 Å². The minimum Gasteiger partial charge on any atom is -0.348 e. The quantitative estimate of drug-likeness (QED) is 0.719. The monoisotopic (exact) mass is 457 g/mol. The molecule has 2 aromatic rings. The number of hydrogen-bond donors (Lipinski definition) is 2. The van der Waals surface area contributed by atoms with E-state index in [1.807, 2.05) is 18.2 Å². The highest BCUT2D eigenvalue weighted by molar-refractivity contribution is 9.13. The van der Waals surface area contributed by atoms with Gasteiger partial charge in [0, 0.05) is 33.7 Å². The number of aromatic amines is 1. The number of nitrogens with zero attached hydrogens (tertiary/aromatic N) is 1. The van der Waals surface area contributed by atoms with Crippen LogP contribution in [-0.2, 0) is 17.6 Å². The maximum absolute atomic E-state index is 12.0. The van der Waals surface area contributed by atoms with Gasteiger partial charge < -0.3 is 10.7 Å². The first-order chi connectivity index (χ1) is 9.06. The third-order valence-corrected chi connectivity index (χ3v) is 4.65. The normalized spacial score (nSPS) is 11.2. The van der Waals surface area contributed by atoms with Crippen LogP contribution < -0.4 is 5.73 Å². The Morgan fingerprint density at radius 2 is 2.00 bits per heavy atom.